The van der Waals surface area contributed by atoms with Crippen LogP contribution in [0.3, 0.4) is 0 Å². The standard InChI is InChI=1S/C20H25ClN2O2/c1-25-19-7-5-16(6-8-19)10-14-23-20(24)11-13-22-12-9-17-3-2-4-18(21)15-17/h2-8,15,22H,9-14H2,1H3,(H,23,24). The topological polar surface area (TPSA) is 50.4 Å². The van der Waals surface area contributed by atoms with E-state index in [1.807, 2.05) is 42.5 Å². The van der Waals surface area contributed by atoms with Gasteiger partial charge in [0.05, 0.1) is 7.11 Å². The zero-order valence-corrected chi connectivity index (χ0v) is 15.3. The van der Waals surface area contributed by atoms with E-state index in [1.165, 1.54) is 11.1 Å². The van der Waals surface area contributed by atoms with Gasteiger partial charge in [-0.2, -0.15) is 0 Å². The first-order chi connectivity index (χ1) is 12.2. The molecule has 0 radical (unpaired) electrons. The van der Waals surface area contributed by atoms with Crippen molar-refractivity contribution in [3.8, 4) is 5.75 Å². The van der Waals surface area contributed by atoms with Gasteiger partial charge in [0.25, 0.3) is 0 Å². The van der Waals surface area contributed by atoms with Gasteiger partial charge in [-0.1, -0.05) is 35.9 Å². The van der Waals surface area contributed by atoms with Crippen LogP contribution >= 0.6 is 11.6 Å². The SMILES string of the molecule is COc1ccc(CCNC(=O)CCNCCc2cccc(Cl)c2)cc1. The Balaban J connectivity index is 1.53. The summed E-state index contributed by atoms with van der Waals surface area (Å²) in [5.41, 5.74) is 2.38. The third kappa shape index (κ3) is 7.59. The highest BCUT2D eigenvalue weighted by Gasteiger charge is 2.01. The van der Waals surface area contributed by atoms with Crippen molar-refractivity contribution in [2.45, 2.75) is 19.3 Å². The fourth-order valence-electron chi connectivity index (χ4n) is 2.48. The largest absolute Gasteiger partial charge is 0.497 e. The predicted octanol–water partition coefficient (Wildman–Crippen LogP) is 3.23. The van der Waals surface area contributed by atoms with Crippen molar-refractivity contribution >= 4 is 17.5 Å². The van der Waals surface area contributed by atoms with Gasteiger partial charge >= 0.3 is 0 Å². The van der Waals surface area contributed by atoms with Crippen molar-refractivity contribution in [3.63, 3.8) is 0 Å². The van der Waals surface area contributed by atoms with E-state index < -0.39 is 0 Å². The Hall–Kier alpha value is -2.04. The molecule has 2 rings (SSSR count). The molecule has 2 aromatic carbocycles. The van der Waals surface area contributed by atoms with Crippen LogP contribution < -0.4 is 15.4 Å². The van der Waals surface area contributed by atoms with Crippen LogP contribution in [0.5, 0.6) is 5.75 Å². The normalized spacial score (nSPS) is 10.5. The van der Waals surface area contributed by atoms with Gasteiger partial charge < -0.3 is 15.4 Å². The number of carbonyl (C=O) groups is 1. The maximum atomic E-state index is 11.8. The quantitative estimate of drug-likeness (QED) is 0.639. The minimum absolute atomic E-state index is 0.0729. The zero-order chi connectivity index (χ0) is 17.9. The van der Waals surface area contributed by atoms with Crippen molar-refractivity contribution < 1.29 is 9.53 Å². The van der Waals surface area contributed by atoms with E-state index in [1.54, 1.807) is 7.11 Å². The maximum Gasteiger partial charge on any atom is 0.221 e. The van der Waals surface area contributed by atoms with Gasteiger partial charge in [0, 0.05) is 24.5 Å². The molecule has 1 amide bonds. The van der Waals surface area contributed by atoms with Crippen molar-refractivity contribution in [1.82, 2.24) is 10.6 Å². The lowest BCUT2D eigenvalue weighted by molar-refractivity contribution is -0.120. The highest BCUT2D eigenvalue weighted by molar-refractivity contribution is 6.30. The molecule has 0 bridgehead atoms. The Kier molecular flexibility index (Phi) is 8.29. The Labute approximate surface area is 154 Å². The van der Waals surface area contributed by atoms with Crippen LogP contribution in [0.4, 0.5) is 0 Å². The minimum atomic E-state index is 0.0729. The predicted molar refractivity (Wildman–Crippen MR) is 102 cm³/mol. The van der Waals surface area contributed by atoms with E-state index >= 15 is 0 Å². The van der Waals surface area contributed by atoms with Gasteiger partial charge in [0.15, 0.2) is 0 Å². The van der Waals surface area contributed by atoms with Gasteiger partial charge in [0.1, 0.15) is 5.75 Å². The number of hydrogen-bond donors (Lipinski definition) is 2. The summed E-state index contributed by atoms with van der Waals surface area (Å²) in [7, 11) is 1.65. The van der Waals surface area contributed by atoms with Gasteiger partial charge in [-0.15, -0.1) is 0 Å². The smallest absolute Gasteiger partial charge is 0.221 e. The first-order valence-electron chi connectivity index (χ1n) is 8.52. The van der Waals surface area contributed by atoms with Gasteiger partial charge in [-0.3, -0.25) is 4.79 Å². The van der Waals surface area contributed by atoms with Crippen LogP contribution in [-0.2, 0) is 17.6 Å². The van der Waals surface area contributed by atoms with Crippen LogP contribution in [0.2, 0.25) is 5.02 Å². The molecular weight excluding hydrogens is 336 g/mol. The molecule has 5 heteroatoms. The summed E-state index contributed by atoms with van der Waals surface area (Å²) < 4.78 is 5.13. The molecule has 0 atom stereocenters. The molecule has 0 saturated carbocycles. The third-order valence-corrected chi connectivity index (χ3v) is 4.14. The number of carbonyl (C=O) groups excluding carboxylic acids is 1. The average molecular weight is 361 g/mol. The zero-order valence-electron chi connectivity index (χ0n) is 14.6. The van der Waals surface area contributed by atoms with E-state index in [-0.39, 0.29) is 5.91 Å². The monoisotopic (exact) mass is 360 g/mol. The molecule has 25 heavy (non-hydrogen) atoms. The number of benzene rings is 2. The maximum absolute atomic E-state index is 11.8. The summed E-state index contributed by atoms with van der Waals surface area (Å²) in [4.78, 5) is 11.8. The first-order valence-corrected chi connectivity index (χ1v) is 8.90. The number of methoxy groups -OCH3 is 1. The molecule has 0 aliphatic rings. The van der Waals surface area contributed by atoms with Crippen LogP contribution in [-0.4, -0.2) is 32.7 Å². The molecule has 2 aromatic rings. The lowest BCUT2D eigenvalue weighted by Crippen LogP contribution is -2.29. The molecule has 0 heterocycles. The van der Waals surface area contributed by atoms with Crippen molar-refractivity contribution in [3.05, 3.63) is 64.7 Å². The number of amides is 1. The lowest BCUT2D eigenvalue weighted by Gasteiger charge is -2.07. The second-order valence-corrected chi connectivity index (χ2v) is 6.26. The van der Waals surface area contributed by atoms with Crippen molar-refractivity contribution in [2.75, 3.05) is 26.7 Å². The molecular formula is C20H25ClN2O2. The number of nitrogens with one attached hydrogen (secondary N) is 2. The average Bonchev–Trinajstić information content (AvgIpc) is 2.62. The summed E-state index contributed by atoms with van der Waals surface area (Å²) in [6.45, 7) is 2.15. The Bertz CT molecular complexity index is 659. The van der Waals surface area contributed by atoms with E-state index in [0.29, 0.717) is 19.5 Å². The highest BCUT2D eigenvalue weighted by atomic mass is 35.5. The fraction of sp³-hybridized carbons (Fsp3) is 0.350. The molecule has 0 aliphatic carbocycles. The van der Waals surface area contributed by atoms with Gasteiger partial charge in [-0.05, 0) is 54.8 Å². The molecule has 0 aliphatic heterocycles. The molecule has 4 nitrogen and oxygen atoms in total. The number of ether oxygens (including phenoxy) is 1. The van der Waals surface area contributed by atoms with Gasteiger partial charge in [-0.25, -0.2) is 0 Å². The molecule has 0 unspecified atom stereocenters. The highest BCUT2D eigenvalue weighted by Crippen LogP contribution is 2.11. The molecule has 134 valence electrons. The summed E-state index contributed by atoms with van der Waals surface area (Å²) in [5, 5.41) is 6.99. The number of halogens is 1. The van der Waals surface area contributed by atoms with Crippen molar-refractivity contribution in [1.29, 1.82) is 0 Å². The summed E-state index contributed by atoms with van der Waals surface area (Å²) in [5.74, 6) is 0.917. The van der Waals surface area contributed by atoms with E-state index in [4.69, 9.17) is 16.3 Å². The molecule has 0 aromatic heterocycles. The molecule has 0 fully saturated rings. The lowest BCUT2D eigenvalue weighted by atomic mass is 10.1. The third-order valence-electron chi connectivity index (χ3n) is 3.90. The Morgan fingerprint density at radius 3 is 2.48 bits per heavy atom. The van der Waals surface area contributed by atoms with E-state index in [2.05, 4.69) is 16.7 Å². The van der Waals surface area contributed by atoms with Crippen LogP contribution in [0.25, 0.3) is 0 Å². The van der Waals surface area contributed by atoms with Crippen molar-refractivity contribution in [2.24, 2.45) is 0 Å². The molecule has 2 N–H and O–H groups in total. The van der Waals surface area contributed by atoms with Crippen LogP contribution in [0, 0.1) is 0 Å². The summed E-state index contributed by atoms with van der Waals surface area (Å²) >= 11 is 5.95. The second-order valence-electron chi connectivity index (χ2n) is 5.83. The van der Waals surface area contributed by atoms with Gasteiger partial charge in [0.2, 0.25) is 5.91 Å². The summed E-state index contributed by atoms with van der Waals surface area (Å²) in [6.07, 6.45) is 2.20. The molecule has 0 saturated heterocycles. The number of hydrogen-bond acceptors (Lipinski definition) is 3. The minimum Gasteiger partial charge on any atom is -0.497 e. The Morgan fingerprint density at radius 1 is 1.00 bits per heavy atom. The van der Waals surface area contributed by atoms with Crippen LogP contribution in [0.1, 0.15) is 17.5 Å². The van der Waals surface area contributed by atoms with Crippen LogP contribution in [0.15, 0.2) is 48.5 Å². The fourth-order valence-corrected chi connectivity index (χ4v) is 2.69. The molecule has 0 spiro atoms. The summed E-state index contributed by atoms with van der Waals surface area (Å²) in [6, 6.07) is 15.7. The second kappa shape index (κ2) is 10.7. The van der Waals surface area contributed by atoms with E-state index in [0.717, 1.165) is 30.2 Å². The Morgan fingerprint density at radius 2 is 1.76 bits per heavy atom. The first kappa shape index (κ1) is 19.3. The van der Waals surface area contributed by atoms with E-state index in [9.17, 15) is 4.79 Å². The number of rotatable bonds is 10.